The molecule has 1 atom stereocenters. The van der Waals surface area contributed by atoms with E-state index in [1.54, 1.807) is 0 Å². The van der Waals surface area contributed by atoms with Gasteiger partial charge in [0.2, 0.25) is 0 Å². The summed E-state index contributed by atoms with van der Waals surface area (Å²) in [6.45, 7) is 12.8. The maximum Gasteiger partial charge on any atom is 0.0674 e. The van der Waals surface area contributed by atoms with Gasteiger partial charge in [0.05, 0.1) is 12.7 Å². The van der Waals surface area contributed by atoms with Crippen molar-refractivity contribution in [3.8, 4) is 0 Å². The van der Waals surface area contributed by atoms with Crippen LogP contribution >= 0.6 is 0 Å². The van der Waals surface area contributed by atoms with Gasteiger partial charge >= 0.3 is 0 Å². The Morgan fingerprint density at radius 1 is 1.42 bits per heavy atom. The van der Waals surface area contributed by atoms with Crippen LogP contribution in [-0.4, -0.2) is 37.2 Å². The standard InChI is InChI=1S/C8H17NO.C2H6/c1-3-4-9-5-6-10-8(2)7-9;1-2/h8H,3-7H2,1-2H3;1-2H3. The van der Waals surface area contributed by atoms with Crippen molar-refractivity contribution >= 4 is 0 Å². The predicted molar refractivity (Wildman–Crippen MR) is 53.5 cm³/mol. The fourth-order valence-electron chi connectivity index (χ4n) is 1.41. The van der Waals surface area contributed by atoms with E-state index in [-0.39, 0.29) is 0 Å². The number of nitrogens with zero attached hydrogens (tertiary/aromatic N) is 1. The van der Waals surface area contributed by atoms with Crippen molar-refractivity contribution in [2.24, 2.45) is 0 Å². The normalized spacial score (nSPS) is 24.5. The van der Waals surface area contributed by atoms with E-state index in [0.29, 0.717) is 6.10 Å². The van der Waals surface area contributed by atoms with E-state index in [2.05, 4.69) is 18.7 Å². The molecule has 2 heteroatoms. The Morgan fingerprint density at radius 3 is 2.58 bits per heavy atom. The van der Waals surface area contributed by atoms with Crippen LogP contribution in [0.4, 0.5) is 0 Å². The fourth-order valence-corrected chi connectivity index (χ4v) is 1.41. The van der Waals surface area contributed by atoms with Gasteiger partial charge in [-0.15, -0.1) is 0 Å². The smallest absolute Gasteiger partial charge is 0.0674 e. The molecule has 1 fully saturated rings. The molecule has 12 heavy (non-hydrogen) atoms. The molecule has 0 spiro atoms. The zero-order valence-corrected chi connectivity index (χ0v) is 8.97. The zero-order chi connectivity index (χ0) is 9.40. The molecule has 0 saturated carbocycles. The molecule has 0 radical (unpaired) electrons. The third-order valence-electron chi connectivity index (χ3n) is 1.87. The van der Waals surface area contributed by atoms with Gasteiger partial charge in [-0.3, -0.25) is 4.90 Å². The maximum absolute atomic E-state index is 5.41. The maximum atomic E-state index is 5.41. The molecule has 1 aliphatic rings. The first-order valence-corrected chi connectivity index (χ1v) is 5.17. The topological polar surface area (TPSA) is 12.5 Å². The molecule has 1 unspecified atom stereocenters. The second-order valence-corrected chi connectivity index (χ2v) is 2.98. The number of morpholine rings is 1. The van der Waals surface area contributed by atoms with Crippen LogP contribution in [0.25, 0.3) is 0 Å². The summed E-state index contributed by atoms with van der Waals surface area (Å²) in [7, 11) is 0. The lowest BCUT2D eigenvalue weighted by atomic mass is 10.3. The number of hydrogen-bond acceptors (Lipinski definition) is 2. The Bertz CT molecular complexity index is 93.8. The second-order valence-electron chi connectivity index (χ2n) is 2.98. The molecule has 1 aliphatic heterocycles. The van der Waals surface area contributed by atoms with Gasteiger partial charge in [-0.25, -0.2) is 0 Å². The summed E-state index contributed by atoms with van der Waals surface area (Å²) in [5, 5.41) is 0. The summed E-state index contributed by atoms with van der Waals surface area (Å²) in [5.74, 6) is 0. The molecule has 0 aromatic carbocycles. The monoisotopic (exact) mass is 173 g/mol. The summed E-state index contributed by atoms with van der Waals surface area (Å²) in [5.41, 5.74) is 0. The van der Waals surface area contributed by atoms with E-state index in [1.165, 1.54) is 13.0 Å². The molecular formula is C10H23NO. The third-order valence-corrected chi connectivity index (χ3v) is 1.87. The van der Waals surface area contributed by atoms with Gasteiger partial charge in [0, 0.05) is 13.1 Å². The van der Waals surface area contributed by atoms with Crippen molar-refractivity contribution in [1.29, 1.82) is 0 Å². The molecule has 0 N–H and O–H groups in total. The lowest BCUT2D eigenvalue weighted by molar-refractivity contribution is -0.0180. The summed E-state index contributed by atoms with van der Waals surface area (Å²) in [6, 6.07) is 0. The van der Waals surface area contributed by atoms with Gasteiger partial charge in [-0.2, -0.15) is 0 Å². The van der Waals surface area contributed by atoms with Gasteiger partial charge in [-0.05, 0) is 19.9 Å². The average Bonchev–Trinajstić information content (AvgIpc) is 2.09. The van der Waals surface area contributed by atoms with Crippen molar-refractivity contribution < 1.29 is 4.74 Å². The minimum atomic E-state index is 0.445. The third kappa shape index (κ3) is 4.73. The second kappa shape index (κ2) is 7.56. The minimum absolute atomic E-state index is 0.445. The quantitative estimate of drug-likeness (QED) is 0.634. The van der Waals surface area contributed by atoms with E-state index in [9.17, 15) is 0 Å². The van der Waals surface area contributed by atoms with Gasteiger partial charge in [0.25, 0.3) is 0 Å². The molecule has 1 rings (SSSR count). The van der Waals surface area contributed by atoms with E-state index in [0.717, 1.165) is 19.7 Å². The molecule has 1 heterocycles. The molecule has 2 nitrogen and oxygen atoms in total. The van der Waals surface area contributed by atoms with Gasteiger partial charge in [0.15, 0.2) is 0 Å². The van der Waals surface area contributed by atoms with Crippen LogP contribution in [0, 0.1) is 0 Å². The average molecular weight is 173 g/mol. The van der Waals surface area contributed by atoms with Crippen molar-refractivity contribution in [2.45, 2.75) is 40.2 Å². The highest BCUT2D eigenvalue weighted by Crippen LogP contribution is 2.03. The van der Waals surface area contributed by atoms with Crippen LogP contribution in [0.3, 0.4) is 0 Å². The summed E-state index contributed by atoms with van der Waals surface area (Å²) >= 11 is 0. The molecule has 0 amide bonds. The molecule has 0 aromatic rings. The lowest BCUT2D eigenvalue weighted by Gasteiger charge is -2.30. The lowest BCUT2D eigenvalue weighted by Crippen LogP contribution is -2.41. The predicted octanol–water partition coefficient (Wildman–Crippen LogP) is 2.14. The van der Waals surface area contributed by atoms with Gasteiger partial charge in [0.1, 0.15) is 0 Å². The first kappa shape index (κ1) is 11.9. The van der Waals surface area contributed by atoms with Crippen LogP contribution in [-0.2, 0) is 4.74 Å². The highest BCUT2D eigenvalue weighted by atomic mass is 16.5. The largest absolute Gasteiger partial charge is 0.376 e. The first-order valence-electron chi connectivity index (χ1n) is 5.17. The van der Waals surface area contributed by atoms with Crippen molar-refractivity contribution in [2.75, 3.05) is 26.2 Å². The van der Waals surface area contributed by atoms with Gasteiger partial charge in [-0.1, -0.05) is 20.8 Å². The number of rotatable bonds is 2. The van der Waals surface area contributed by atoms with Crippen LogP contribution in [0.2, 0.25) is 0 Å². The fraction of sp³-hybridized carbons (Fsp3) is 1.00. The highest BCUT2D eigenvalue weighted by Gasteiger charge is 2.14. The molecule has 0 aromatic heterocycles. The zero-order valence-electron chi connectivity index (χ0n) is 8.97. The van der Waals surface area contributed by atoms with E-state index in [1.807, 2.05) is 13.8 Å². The van der Waals surface area contributed by atoms with E-state index in [4.69, 9.17) is 4.74 Å². The van der Waals surface area contributed by atoms with Crippen LogP contribution < -0.4 is 0 Å². The summed E-state index contributed by atoms with van der Waals surface area (Å²) in [6.07, 6.45) is 1.70. The SMILES string of the molecule is CC.CCCN1CCOC(C)C1. The summed E-state index contributed by atoms with van der Waals surface area (Å²) < 4.78 is 5.41. The highest BCUT2D eigenvalue weighted by molar-refractivity contribution is 4.66. The molecule has 1 saturated heterocycles. The van der Waals surface area contributed by atoms with E-state index >= 15 is 0 Å². The van der Waals surface area contributed by atoms with Crippen molar-refractivity contribution in [1.82, 2.24) is 4.90 Å². The van der Waals surface area contributed by atoms with Crippen LogP contribution in [0.1, 0.15) is 34.1 Å². The molecule has 74 valence electrons. The Morgan fingerprint density at radius 2 is 2.08 bits per heavy atom. The Balaban J connectivity index is 0.000000561. The summed E-state index contributed by atoms with van der Waals surface area (Å²) in [4.78, 5) is 2.47. The molecule has 0 aliphatic carbocycles. The molecular weight excluding hydrogens is 150 g/mol. The first-order chi connectivity index (χ1) is 5.83. The minimum Gasteiger partial charge on any atom is -0.376 e. The van der Waals surface area contributed by atoms with E-state index < -0.39 is 0 Å². The van der Waals surface area contributed by atoms with Crippen LogP contribution in [0.15, 0.2) is 0 Å². The van der Waals surface area contributed by atoms with Crippen LogP contribution in [0.5, 0.6) is 0 Å². The van der Waals surface area contributed by atoms with Crippen molar-refractivity contribution in [3.63, 3.8) is 0 Å². The number of ether oxygens (including phenoxy) is 1. The Hall–Kier alpha value is -0.0800. The van der Waals surface area contributed by atoms with Gasteiger partial charge < -0.3 is 4.74 Å². The Labute approximate surface area is 76.9 Å². The Kier molecular flexibility index (Phi) is 7.51. The number of hydrogen-bond donors (Lipinski definition) is 0. The molecule has 0 bridgehead atoms. The van der Waals surface area contributed by atoms with Crippen molar-refractivity contribution in [3.05, 3.63) is 0 Å².